The molecule has 3 N–H and O–H groups in total. The minimum Gasteiger partial charge on any atom is -0.367 e. The van der Waals surface area contributed by atoms with Crippen molar-refractivity contribution in [2.75, 3.05) is 38.0 Å². The summed E-state index contributed by atoms with van der Waals surface area (Å²) in [5.74, 6) is 0.607. The molecule has 0 radical (unpaired) electrons. The zero-order chi connectivity index (χ0) is 30.1. The van der Waals surface area contributed by atoms with Crippen LogP contribution in [0.4, 0.5) is 19.0 Å². The van der Waals surface area contributed by atoms with Gasteiger partial charge in [-0.3, -0.25) is 4.90 Å². The van der Waals surface area contributed by atoms with Crippen molar-refractivity contribution in [2.45, 2.75) is 70.4 Å². The number of aromatic nitrogens is 3. The number of rotatable bonds is 8. The van der Waals surface area contributed by atoms with Gasteiger partial charge in [0.2, 0.25) is 0 Å². The molecule has 6 rings (SSSR count). The van der Waals surface area contributed by atoms with Gasteiger partial charge in [-0.15, -0.1) is 11.3 Å². The van der Waals surface area contributed by atoms with Gasteiger partial charge in [0.15, 0.2) is 0 Å². The summed E-state index contributed by atoms with van der Waals surface area (Å²) in [6, 6.07) is 10.9. The van der Waals surface area contributed by atoms with Crippen molar-refractivity contribution in [3.05, 3.63) is 52.3 Å². The number of fused-ring (bicyclic) bond motifs is 2. The van der Waals surface area contributed by atoms with Crippen LogP contribution in [0.3, 0.4) is 0 Å². The Bertz CT molecular complexity index is 1620. The molecule has 0 aliphatic carbocycles. The Morgan fingerprint density at radius 1 is 1.02 bits per heavy atom. The topological polar surface area (TPSA) is 99.0 Å². The second kappa shape index (κ2) is 12.4. The molecule has 12 heteroatoms. The van der Waals surface area contributed by atoms with Crippen molar-refractivity contribution >= 4 is 38.3 Å². The third kappa shape index (κ3) is 6.80. The number of hydrogen-bond donors (Lipinski definition) is 2. The lowest BCUT2D eigenvalue weighted by Gasteiger charge is -2.33. The summed E-state index contributed by atoms with van der Waals surface area (Å²) < 4.78 is 40.9. The predicted octanol–water partition coefficient (Wildman–Crippen LogP) is 5.43. The zero-order valence-electron chi connectivity index (χ0n) is 24.3. The SMILES string of the molecule is Cc1c(CN2CCC(Nc3ncnc4sc(CC(F)(F)F)cc34)CC2)ccc2c1cc(C#N)n2CCN1CCC(N)CC1. The van der Waals surface area contributed by atoms with Gasteiger partial charge < -0.3 is 20.5 Å². The van der Waals surface area contributed by atoms with Crippen molar-refractivity contribution in [1.29, 1.82) is 5.26 Å². The van der Waals surface area contributed by atoms with Gasteiger partial charge in [0.25, 0.3) is 0 Å². The lowest BCUT2D eigenvalue weighted by molar-refractivity contribution is -0.126. The quantitative estimate of drug-likeness (QED) is 0.275. The Balaban J connectivity index is 1.08. The second-order valence-electron chi connectivity index (χ2n) is 11.9. The van der Waals surface area contributed by atoms with Crippen LogP contribution in [0, 0.1) is 18.3 Å². The molecule has 1 aromatic carbocycles. The molecule has 2 saturated heterocycles. The number of hydrogen-bond acceptors (Lipinski definition) is 8. The number of piperidine rings is 2. The summed E-state index contributed by atoms with van der Waals surface area (Å²) >= 11 is 1.07. The normalized spacial score (nSPS) is 18.0. The number of halogens is 3. The molecule has 5 heterocycles. The highest BCUT2D eigenvalue weighted by Gasteiger charge is 2.29. The van der Waals surface area contributed by atoms with Crippen LogP contribution >= 0.6 is 11.3 Å². The van der Waals surface area contributed by atoms with Gasteiger partial charge in [-0.1, -0.05) is 6.07 Å². The fourth-order valence-corrected chi connectivity index (χ4v) is 7.45. The third-order valence-corrected chi connectivity index (χ3v) is 9.97. The average Bonchev–Trinajstić information content (AvgIpc) is 3.55. The van der Waals surface area contributed by atoms with E-state index in [4.69, 9.17) is 5.73 Å². The molecular weight excluding hydrogens is 573 g/mol. The molecule has 3 aromatic heterocycles. The highest BCUT2D eigenvalue weighted by atomic mass is 32.1. The van der Waals surface area contributed by atoms with Gasteiger partial charge in [-0.05, 0) is 75.0 Å². The maximum Gasteiger partial charge on any atom is 0.393 e. The second-order valence-corrected chi connectivity index (χ2v) is 13.0. The number of aryl methyl sites for hydroxylation is 1. The Kier molecular flexibility index (Phi) is 8.60. The first-order valence-corrected chi connectivity index (χ1v) is 15.8. The van der Waals surface area contributed by atoms with Crippen LogP contribution in [-0.2, 0) is 19.5 Å². The van der Waals surface area contributed by atoms with E-state index in [9.17, 15) is 18.4 Å². The number of nitrogens with one attached hydrogen (secondary N) is 1. The molecule has 8 nitrogen and oxygen atoms in total. The molecule has 0 unspecified atom stereocenters. The first kappa shape index (κ1) is 29.8. The molecule has 0 atom stereocenters. The molecule has 0 amide bonds. The molecule has 0 saturated carbocycles. The summed E-state index contributed by atoms with van der Waals surface area (Å²) in [4.78, 5) is 14.2. The lowest BCUT2D eigenvalue weighted by atomic mass is 10.0. The lowest BCUT2D eigenvalue weighted by Crippen LogP contribution is -2.40. The molecule has 0 bridgehead atoms. The van der Waals surface area contributed by atoms with E-state index in [1.54, 1.807) is 6.07 Å². The van der Waals surface area contributed by atoms with Crippen LogP contribution in [0.25, 0.3) is 21.1 Å². The standard InChI is InChI=1S/C31H37F3N8S/c1-20-21(2-3-28-26(20)14-24(17-35)42(28)13-12-40-8-4-22(36)5-9-40)18-41-10-6-23(7-11-41)39-29-27-15-25(16-31(32,33)34)43-30(27)38-19-37-29/h2-3,14-15,19,22-23H,4-13,16,18,36H2,1H3,(H,37,38,39). The van der Waals surface area contributed by atoms with Crippen LogP contribution < -0.4 is 11.1 Å². The molecule has 2 fully saturated rings. The monoisotopic (exact) mass is 610 g/mol. The van der Waals surface area contributed by atoms with Crippen molar-refractivity contribution in [1.82, 2.24) is 24.3 Å². The molecule has 0 spiro atoms. The van der Waals surface area contributed by atoms with E-state index >= 15 is 0 Å². The zero-order valence-corrected chi connectivity index (χ0v) is 25.1. The molecule has 2 aliphatic rings. The highest BCUT2D eigenvalue weighted by Crippen LogP contribution is 2.33. The number of nitrogens with two attached hydrogens (primary N) is 1. The number of nitriles is 1. The van der Waals surface area contributed by atoms with E-state index in [0.717, 1.165) is 93.7 Å². The van der Waals surface area contributed by atoms with E-state index in [1.807, 2.05) is 6.07 Å². The van der Waals surface area contributed by atoms with Gasteiger partial charge in [0, 0.05) is 60.6 Å². The summed E-state index contributed by atoms with van der Waals surface area (Å²) in [5, 5.41) is 15.2. The Labute approximate surface area is 253 Å². The number of alkyl halides is 3. The van der Waals surface area contributed by atoms with E-state index in [2.05, 4.69) is 54.8 Å². The smallest absolute Gasteiger partial charge is 0.367 e. The van der Waals surface area contributed by atoms with Crippen LogP contribution in [-0.4, -0.2) is 75.3 Å². The van der Waals surface area contributed by atoms with Gasteiger partial charge in [0.1, 0.15) is 28.7 Å². The summed E-state index contributed by atoms with van der Waals surface area (Å²) in [6.45, 7) is 8.50. The van der Waals surface area contributed by atoms with Gasteiger partial charge in [-0.2, -0.15) is 18.4 Å². The van der Waals surface area contributed by atoms with Crippen molar-refractivity contribution in [2.24, 2.45) is 5.73 Å². The number of anilines is 1. The molecule has 228 valence electrons. The van der Waals surface area contributed by atoms with Crippen LogP contribution in [0.5, 0.6) is 0 Å². The maximum absolute atomic E-state index is 12.9. The Morgan fingerprint density at radius 3 is 2.49 bits per heavy atom. The summed E-state index contributed by atoms with van der Waals surface area (Å²) in [5.41, 5.74) is 10.3. The van der Waals surface area contributed by atoms with E-state index < -0.39 is 12.6 Å². The average molecular weight is 611 g/mol. The number of thiophene rings is 1. The largest absolute Gasteiger partial charge is 0.393 e. The van der Waals surface area contributed by atoms with E-state index in [1.165, 1.54) is 17.5 Å². The molecular formula is C31H37F3N8S. The number of nitrogens with zero attached hydrogens (tertiary/aromatic N) is 6. The third-order valence-electron chi connectivity index (χ3n) is 8.93. The number of likely N-dealkylation sites (tertiary alicyclic amines) is 2. The maximum atomic E-state index is 12.9. The Hall–Kier alpha value is -3.24. The van der Waals surface area contributed by atoms with Gasteiger partial charge >= 0.3 is 6.18 Å². The van der Waals surface area contributed by atoms with Crippen molar-refractivity contribution < 1.29 is 13.2 Å². The molecule has 4 aromatic rings. The van der Waals surface area contributed by atoms with Crippen LogP contribution in [0.1, 0.15) is 47.4 Å². The minimum absolute atomic E-state index is 0.187. The first-order chi connectivity index (χ1) is 20.7. The Morgan fingerprint density at radius 2 is 1.77 bits per heavy atom. The van der Waals surface area contributed by atoms with Crippen molar-refractivity contribution in [3.8, 4) is 6.07 Å². The van der Waals surface area contributed by atoms with Crippen molar-refractivity contribution in [3.63, 3.8) is 0 Å². The van der Waals surface area contributed by atoms with Gasteiger partial charge in [0.05, 0.1) is 11.8 Å². The summed E-state index contributed by atoms with van der Waals surface area (Å²) in [7, 11) is 0. The highest BCUT2D eigenvalue weighted by molar-refractivity contribution is 7.18. The fraction of sp³-hybridized carbons (Fsp3) is 0.516. The van der Waals surface area contributed by atoms with E-state index in [0.29, 0.717) is 27.8 Å². The predicted molar refractivity (Wildman–Crippen MR) is 164 cm³/mol. The minimum atomic E-state index is -4.25. The van der Waals surface area contributed by atoms with E-state index in [-0.39, 0.29) is 10.9 Å². The molecule has 2 aliphatic heterocycles. The number of benzene rings is 1. The molecule has 43 heavy (non-hydrogen) atoms. The van der Waals surface area contributed by atoms with Gasteiger partial charge in [-0.25, -0.2) is 9.97 Å². The first-order valence-electron chi connectivity index (χ1n) is 15.0. The van der Waals surface area contributed by atoms with Crippen LogP contribution in [0.2, 0.25) is 0 Å². The van der Waals surface area contributed by atoms with Crippen LogP contribution in [0.15, 0.2) is 30.6 Å². The summed E-state index contributed by atoms with van der Waals surface area (Å²) in [6.07, 6.45) is 0.0828. The fourth-order valence-electron chi connectivity index (χ4n) is 6.42.